The third kappa shape index (κ3) is 4.00. The van der Waals surface area contributed by atoms with E-state index in [4.69, 9.17) is 10.5 Å². The van der Waals surface area contributed by atoms with Crippen molar-refractivity contribution in [3.05, 3.63) is 60.8 Å². The van der Waals surface area contributed by atoms with E-state index in [9.17, 15) is 13.2 Å². The topological polar surface area (TPSA) is 86.8 Å². The number of nitrogens with two attached hydrogens (primary N) is 1. The second-order valence-electron chi connectivity index (χ2n) is 5.04. The Kier molecular flexibility index (Phi) is 4.46. The van der Waals surface area contributed by atoms with Crippen molar-refractivity contribution in [1.29, 1.82) is 0 Å². The van der Waals surface area contributed by atoms with Gasteiger partial charge in [-0.25, -0.2) is 15.0 Å². The molecule has 3 aromatic rings. The Balaban J connectivity index is 1.89. The number of anilines is 1. The van der Waals surface area contributed by atoms with Crippen molar-refractivity contribution in [2.45, 2.75) is 12.3 Å². The van der Waals surface area contributed by atoms with Gasteiger partial charge < -0.3 is 10.5 Å². The van der Waals surface area contributed by atoms with Crippen molar-refractivity contribution in [2.75, 3.05) is 5.73 Å². The van der Waals surface area contributed by atoms with Gasteiger partial charge in [-0.05, 0) is 5.56 Å². The summed E-state index contributed by atoms with van der Waals surface area (Å²) in [5.74, 6) is -0.423. The van der Waals surface area contributed by atoms with Crippen molar-refractivity contribution in [2.24, 2.45) is 0 Å². The number of ether oxygens (including phenoxy) is 1. The molecule has 1 atom stereocenters. The Hall–Kier alpha value is -3.23. The first-order chi connectivity index (χ1) is 11.9. The third-order valence-electron chi connectivity index (χ3n) is 3.29. The van der Waals surface area contributed by atoms with E-state index in [1.807, 2.05) is 0 Å². The van der Waals surface area contributed by atoms with Crippen LogP contribution in [0.5, 0.6) is 5.88 Å². The average Bonchev–Trinajstić information content (AvgIpc) is 2.60. The molecule has 0 amide bonds. The average molecular weight is 347 g/mol. The first-order valence-corrected chi connectivity index (χ1v) is 7.11. The monoisotopic (exact) mass is 347 g/mol. The fourth-order valence-corrected chi connectivity index (χ4v) is 2.17. The minimum atomic E-state index is -4.63. The number of benzene rings is 1. The van der Waals surface area contributed by atoms with Gasteiger partial charge in [0, 0.05) is 35.8 Å². The van der Waals surface area contributed by atoms with E-state index in [2.05, 4.69) is 19.9 Å². The summed E-state index contributed by atoms with van der Waals surface area (Å²) in [7, 11) is 0. The summed E-state index contributed by atoms with van der Waals surface area (Å²) in [6.45, 7) is 0. The molecular formula is C16H12F3N5O. The highest BCUT2D eigenvalue weighted by Gasteiger charge is 2.43. The van der Waals surface area contributed by atoms with Crippen LogP contribution < -0.4 is 10.5 Å². The number of halogens is 3. The van der Waals surface area contributed by atoms with Crippen molar-refractivity contribution < 1.29 is 17.9 Å². The van der Waals surface area contributed by atoms with Crippen LogP contribution >= 0.6 is 0 Å². The zero-order valence-corrected chi connectivity index (χ0v) is 12.7. The molecule has 0 bridgehead atoms. The molecule has 0 fully saturated rings. The molecule has 0 aliphatic carbocycles. The molecule has 2 aromatic heterocycles. The molecule has 0 radical (unpaired) electrons. The molecule has 6 nitrogen and oxygen atoms in total. The molecule has 0 saturated carbocycles. The van der Waals surface area contributed by atoms with Gasteiger partial charge in [-0.1, -0.05) is 24.3 Å². The van der Waals surface area contributed by atoms with Crippen molar-refractivity contribution in [3.8, 4) is 17.0 Å². The van der Waals surface area contributed by atoms with Crippen LogP contribution in [0.25, 0.3) is 11.1 Å². The van der Waals surface area contributed by atoms with Gasteiger partial charge in [0.15, 0.2) is 0 Å². The smallest absolute Gasteiger partial charge is 0.429 e. The molecule has 3 rings (SSSR count). The maximum atomic E-state index is 13.4. The molecule has 2 N–H and O–H groups in total. The number of alkyl halides is 3. The summed E-state index contributed by atoms with van der Waals surface area (Å²) >= 11 is 0. The van der Waals surface area contributed by atoms with Crippen LogP contribution in [0.1, 0.15) is 11.7 Å². The van der Waals surface area contributed by atoms with Gasteiger partial charge in [0.2, 0.25) is 17.9 Å². The first kappa shape index (κ1) is 16.6. The van der Waals surface area contributed by atoms with Gasteiger partial charge in [-0.2, -0.15) is 18.2 Å². The molecule has 128 valence electrons. The predicted octanol–water partition coefficient (Wildman–Crippen LogP) is 3.20. The summed E-state index contributed by atoms with van der Waals surface area (Å²) in [6.07, 6.45) is -1.06. The standard InChI is InChI=1S/C16H12F3N5O/c17-16(18,19)14(25-13-5-6-23-15(20)24-13)11-3-1-10(2-4-11)12-7-21-9-22-8-12/h1-9,14H,(H2,20,23,24)/t14-/m1/s1. The summed E-state index contributed by atoms with van der Waals surface area (Å²) in [5, 5.41) is 0. The van der Waals surface area contributed by atoms with E-state index in [1.54, 1.807) is 24.5 Å². The van der Waals surface area contributed by atoms with E-state index >= 15 is 0 Å². The molecule has 9 heteroatoms. The van der Waals surface area contributed by atoms with E-state index in [-0.39, 0.29) is 17.4 Å². The highest BCUT2D eigenvalue weighted by Crippen LogP contribution is 2.37. The minimum absolute atomic E-state index is 0.0646. The minimum Gasteiger partial charge on any atom is -0.460 e. The van der Waals surface area contributed by atoms with Gasteiger partial charge in [0.05, 0.1) is 0 Å². The Morgan fingerprint density at radius 2 is 1.64 bits per heavy atom. The Morgan fingerprint density at radius 3 is 2.24 bits per heavy atom. The largest absolute Gasteiger partial charge is 0.460 e. The van der Waals surface area contributed by atoms with Gasteiger partial charge >= 0.3 is 6.18 Å². The number of hydrogen-bond acceptors (Lipinski definition) is 6. The highest BCUT2D eigenvalue weighted by atomic mass is 19.4. The lowest BCUT2D eigenvalue weighted by Gasteiger charge is -2.21. The first-order valence-electron chi connectivity index (χ1n) is 7.11. The summed E-state index contributed by atoms with van der Waals surface area (Å²) in [4.78, 5) is 15.0. The van der Waals surface area contributed by atoms with Crippen molar-refractivity contribution in [1.82, 2.24) is 19.9 Å². The third-order valence-corrected chi connectivity index (χ3v) is 3.29. The maximum Gasteiger partial charge on any atom is 0.429 e. The number of hydrogen-bond donors (Lipinski definition) is 1. The Morgan fingerprint density at radius 1 is 0.960 bits per heavy atom. The van der Waals surface area contributed by atoms with Crippen LogP contribution in [-0.2, 0) is 0 Å². The lowest BCUT2D eigenvalue weighted by Crippen LogP contribution is -2.26. The molecule has 0 saturated heterocycles. The number of rotatable bonds is 4. The van der Waals surface area contributed by atoms with E-state index in [0.717, 1.165) is 0 Å². The summed E-state index contributed by atoms with van der Waals surface area (Å²) in [5.41, 5.74) is 6.69. The van der Waals surface area contributed by atoms with Gasteiger partial charge in [0.25, 0.3) is 0 Å². The van der Waals surface area contributed by atoms with Gasteiger partial charge in [0.1, 0.15) is 6.33 Å². The molecule has 0 aliphatic heterocycles. The van der Waals surface area contributed by atoms with E-state index in [1.165, 1.54) is 30.7 Å². The second kappa shape index (κ2) is 6.71. The lowest BCUT2D eigenvalue weighted by molar-refractivity contribution is -0.198. The lowest BCUT2D eigenvalue weighted by atomic mass is 10.0. The Bertz CT molecular complexity index is 840. The fourth-order valence-electron chi connectivity index (χ4n) is 2.17. The SMILES string of the molecule is Nc1nccc(O[C@H](c2ccc(-c3cncnc3)cc2)C(F)(F)F)n1. The molecule has 25 heavy (non-hydrogen) atoms. The molecule has 0 aliphatic rings. The van der Waals surface area contributed by atoms with Crippen LogP contribution in [-0.4, -0.2) is 26.1 Å². The normalized spacial score (nSPS) is 12.6. The van der Waals surface area contributed by atoms with E-state index < -0.39 is 12.3 Å². The molecule has 0 unspecified atom stereocenters. The molecule has 2 heterocycles. The number of nitrogen functional groups attached to an aromatic ring is 1. The zero-order valence-electron chi connectivity index (χ0n) is 12.7. The maximum absolute atomic E-state index is 13.4. The van der Waals surface area contributed by atoms with Crippen LogP contribution in [0, 0.1) is 0 Å². The molecule has 1 aromatic carbocycles. The quantitative estimate of drug-likeness (QED) is 0.780. The molecule has 0 spiro atoms. The van der Waals surface area contributed by atoms with Crippen LogP contribution in [0.4, 0.5) is 19.1 Å². The second-order valence-corrected chi connectivity index (χ2v) is 5.04. The van der Waals surface area contributed by atoms with Gasteiger partial charge in [-0.3, -0.25) is 0 Å². The fraction of sp³-hybridized carbons (Fsp3) is 0.125. The van der Waals surface area contributed by atoms with E-state index in [0.29, 0.717) is 11.1 Å². The van der Waals surface area contributed by atoms with Crippen LogP contribution in [0.15, 0.2) is 55.2 Å². The van der Waals surface area contributed by atoms with Crippen LogP contribution in [0.3, 0.4) is 0 Å². The highest BCUT2D eigenvalue weighted by molar-refractivity contribution is 5.61. The van der Waals surface area contributed by atoms with Crippen molar-refractivity contribution >= 4 is 5.95 Å². The van der Waals surface area contributed by atoms with Gasteiger partial charge in [-0.15, -0.1) is 0 Å². The zero-order chi connectivity index (χ0) is 17.9. The summed E-state index contributed by atoms with van der Waals surface area (Å²) < 4.78 is 45.2. The number of nitrogens with zero attached hydrogens (tertiary/aromatic N) is 4. The summed E-state index contributed by atoms with van der Waals surface area (Å²) in [6, 6.07) is 6.98. The van der Waals surface area contributed by atoms with Crippen molar-refractivity contribution in [3.63, 3.8) is 0 Å². The predicted molar refractivity (Wildman–Crippen MR) is 83.3 cm³/mol. The van der Waals surface area contributed by atoms with Crippen LogP contribution in [0.2, 0.25) is 0 Å². The Labute approximate surface area is 140 Å². The molecular weight excluding hydrogens is 335 g/mol. The number of aromatic nitrogens is 4.